The minimum absolute atomic E-state index is 0.150. The van der Waals surface area contributed by atoms with Gasteiger partial charge in [0.2, 0.25) is 11.7 Å². The predicted molar refractivity (Wildman–Crippen MR) is 78.5 cm³/mol. The number of amides is 1. The molecule has 1 aromatic heterocycles. The van der Waals surface area contributed by atoms with E-state index < -0.39 is 17.3 Å². The number of hydrogen-bond acceptors (Lipinski definition) is 4. The van der Waals surface area contributed by atoms with Gasteiger partial charge in [-0.15, -0.1) is 0 Å². The van der Waals surface area contributed by atoms with E-state index in [-0.39, 0.29) is 16.4 Å². The van der Waals surface area contributed by atoms with Crippen LogP contribution in [0.4, 0.5) is 13.2 Å². The number of hydrogen-bond donors (Lipinski definition) is 1. The molecule has 0 bridgehead atoms. The molecule has 0 aliphatic rings. The Kier molecular flexibility index (Phi) is 4.90. The standard InChI is InChI=1S/C14H14F3N3OS/c1-3-18-11(21)8(2)22-12-9-6-4-5-7-10(9)19-13(20-12)14(15,16)17/h4-8H,3H2,1-2H3,(H,18,21). The maximum absolute atomic E-state index is 12.9. The quantitative estimate of drug-likeness (QED) is 0.691. The van der Waals surface area contributed by atoms with Crippen molar-refractivity contribution < 1.29 is 18.0 Å². The summed E-state index contributed by atoms with van der Waals surface area (Å²) in [6.45, 7) is 3.86. The van der Waals surface area contributed by atoms with Crippen LogP contribution in [0.5, 0.6) is 0 Å². The van der Waals surface area contributed by atoms with E-state index >= 15 is 0 Å². The van der Waals surface area contributed by atoms with Crippen LogP contribution in [0.25, 0.3) is 10.9 Å². The maximum atomic E-state index is 12.9. The van der Waals surface area contributed by atoms with Crippen LogP contribution in [0, 0.1) is 0 Å². The Bertz CT molecular complexity index is 691. The number of carbonyl (C=O) groups is 1. The van der Waals surface area contributed by atoms with Crippen molar-refractivity contribution in [2.45, 2.75) is 30.3 Å². The van der Waals surface area contributed by atoms with Gasteiger partial charge in [-0.25, -0.2) is 9.97 Å². The van der Waals surface area contributed by atoms with Crippen molar-refractivity contribution in [1.82, 2.24) is 15.3 Å². The second-order valence-corrected chi connectivity index (χ2v) is 5.85. The molecule has 1 N–H and O–H groups in total. The highest BCUT2D eigenvalue weighted by Gasteiger charge is 2.35. The lowest BCUT2D eigenvalue weighted by molar-refractivity contribution is -0.145. The average molecular weight is 329 g/mol. The first-order chi connectivity index (χ1) is 10.3. The van der Waals surface area contributed by atoms with E-state index in [1.165, 1.54) is 6.07 Å². The Balaban J connectivity index is 2.45. The fourth-order valence-electron chi connectivity index (χ4n) is 1.80. The molecule has 1 amide bonds. The number of nitrogens with zero attached hydrogens (tertiary/aromatic N) is 2. The molecule has 0 spiro atoms. The Morgan fingerprint density at radius 2 is 2.00 bits per heavy atom. The van der Waals surface area contributed by atoms with E-state index in [2.05, 4.69) is 15.3 Å². The van der Waals surface area contributed by atoms with Crippen molar-refractivity contribution in [3.63, 3.8) is 0 Å². The van der Waals surface area contributed by atoms with Gasteiger partial charge in [0.15, 0.2) is 0 Å². The summed E-state index contributed by atoms with van der Waals surface area (Å²) in [4.78, 5) is 18.9. The zero-order chi connectivity index (χ0) is 16.3. The zero-order valence-corrected chi connectivity index (χ0v) is 12.8. The van der Waals surface area contributed by atoms with Gasteiger partial charge in [0, 0.05) is 11.9 Å². The molecule has 2 aromatic rings. The molecule has 1 aromatic carbocycles. The van der Waals surface area contributed by atoms with Crippen LogP contribution in [0.3, 0.4) is 0 Å². The molecule has 0 fully saturated rings. The minimum atomic E-state index is -4.63. The summed E-state index contributed by atoms with van der Waals surface area (Å²) in [6.07, 6.45) is -4.63. The highest BCUT2D eigenvalue weighted by Crippen LogP contribution is 2.33. The third-order valence-electron chi connectivity index (χ3n) is 2.83. The number of para-hydroxylation sites is 1. The fourth-order valence-corrected chi connectivity index (χ4v) is 2.77. The third-order valence-corrected chi connectivity index (χ3v) is 3.93. The fraction of sp³-hybridized carbons (Fsp3) is 0.357. The summed E-state index contributed by atoms with van der Waals surface area (Å²) in [7, 11) is 0. The molecule has 4 nitrogen and oxygen atoms in total. The van der Waals surface area contributed by atoms with Gasteiger partial charge in [-0.05, 0) is 19.9 Å². The van der Waals surface area contributed by atoms with Gasteiger partial charge in [-0.3, -0.25) is 4.79 Å². The summed E-state index contributed by atoms with van der Waals surface area (Å²) in [5.74, 6) is -1.44. The lowest BCUT2D eigenvalue weighted by Crippen LogP contribution is -2.30. The third kappa shape index (κ3) is 3.68. The van der Waals surface area contributed by atoms with Crippen LogP contribution in [-0.4, -0.2) is 27.7 Å². The molecule has 0 radical (unpaired) electrons. The van der Waals surface area contributed by atoms with Crippen LogP contribution in [0.15, 0.2) is 29.3 Å². The lowest BCUT2D eigenvalue weighted by atomic mass is 10.2. The summed E-state index contributed by atoms with van der Waals surface area (Å²) >= 11 is 0.988. The molecule has 1 heterocycles. The SMILES string of the molecule is CCNC(=O)C(C)Sc1nc(C(F)(F)F)nc2ccccc12. The molecular weight excluding hydrogens is 315 g/mol. The number of benzene rings is 1. The molecule has 8 heteroatoms. The Morgan fingerprint density at radius 3 is 2.64 bits per heavy atom. The predicted octanol–water partition coefficient (Wildman–Crippen LogP) is 3.27. The first-order valence-corrected chi connectivity index (χ1v) is 7.49. The molecule has 1 unspecified atom stereocenters. The number of nitrogens with one attached hydrogen (secondary N) is 1. The van der Waals surface area contributed by atoms with Gasteiger partial charge in [-0.1, -0.05) is 30.0 Å². The topological polar surface area (TPSA) is 54.9 Å². The maximum Gasteiger partial charge on any atom is 0.451 e. The van der Waals surface area contributed by atoms with Gasteiger partial charge in [0.25, 0.3) is 0 Å². The lowest BCUT2D eigenvalue weighted by Gasteiger charge is -2.13. The molecule has 0 aliphatic heterocycles. The molecule has 118 valence electrons. The molecule has 22 heavy (non-hydrogen) atoms. The van der Waals surface area contributed by atoms with Crippen LogP contribution < -0.4 is 5.32 Å². The first kappa shape index (κ1) is 16.5. The van der Waals surface area contributed by atoms with Crippen molar-refractivity contribution >= 4 is 28.6 Å². The van der Waals surface area contributed by atoms with Gasteiger partial charge < -0.3 is 5.32 Å². The average Bonchev–Trinajstić information content (AvgIpc) is 2.46. The monoisotopic (exact) mass is 329 g/mol. The minimum Gasteiger partial charge on any atom is -0.355 e. The van der Waals surface area contributed by atoms with Gasteiger partial charge >= 0.3 is 6.18 Å². The Labute approximate surface area is 129 Å². The molecule has 2 rings (SSSR count). The normalized spacial score (nSPS) is 13.1. The number of aromatic nitrogens is 2. The second kappa shape index (κ2) is 6.51. The summed E-state index contributed by atoms with van der Waals surface area (Å²) < 4.78 is 38.7. The van der Waals surface area contributed by atoms with E-state index in [4.69, 9.17) is 0 Å². The van der Waals surface area contributed by atoms with E-state index in [9.17, 15) is 18.0 Å². The molecule has 0 aliphatic carbocycles. The summed E-state index contributed by atoms with van der Waals surface area (Å²) in [6, 6.07) is 6.44. The van der Waals surface area contributed by atoms with Crippen molar-refractivity contribution in [3.05, 3.63) is 30.1 Å². The Hall–Kier alpha value is -1.83. The van der Waals surface area contributed by atoms with Crippen molar-refractivity contribution in [1.29, 1.82) is 0 Å². The number of halogens is 3. The largest absolute Gasteiger partial charge is 0.451 e. The van der Waals surface area contributed by atoms with E-state index in [1.807, 2.05) is 0 Å². The number of carbonyl (C=O) groups excluding carboxylic acids is 1. The van der Waals surface area contributed by atoms with E-state index in [1.54, 1.807) is 32.0 Å². The van der Waals surface area contributed by atoms with Crippen LogP contribution in [-0.2, 0) is 11.0 Å². The molecule has 1 atom stereocenters. The summed E-state index contributed by atoms with van der Waals surface area (Å²) in [5, 5.41) is 2.72. The van der Waals surface area contributed by atoms with Crippen LogP contribution >= 0.6 is 11.8 Å². The van der Waals surface area contributed by atoms with E-state index in [0.717, 1.165) is 11.8 Å². The molecular formula is C14H14F3N3OS. The molecule has 0 saturated heterocycles. The van der Waals surface area contributed by atoms with Gasteiger partial charge in [-0.2, -0.15) is 13.2 Å². The number of rotatable bonds is 4. The smallest absolute Gasteiger partial charge is 0.355 e. The van der Waals surface area contributed by atoms with Crippen LogP contribution in [0.2, 0.25) is 0 Å². The first-order valence-electron chi connectivity index (χ1n) is 6.61. The number of alkyl halides is 3. The Morgan fingerprint density at radius 1 is 1.32 bits per heavy atom. The highest BCUT2D eigenvalue weighted by atomic mass is 32.2. The molecule has 0 saturated carbocycles. The van der Waals surface area contributed by atoms with Crippen LogP contribution in [0.1, 0.15) is 19.7 Å². The van der Waals surface area contributed by atoms with Gasteiger partial charge in [0.1, 0.15) is 5.03 Å². The highest BCUT2D eigenvalue weighted by molar-refractivity contribution is 8.00. The van der Waals surface area contributed by atoms with Gasteiger partial charge in [0.05, 0.1) is 10.8 Å². The second-order valence-electron chi connectivity index (χ2n) is 4.52. The van der Waals surface area contributed by atoms with Crippen molar-refractivity contribution in [3.8, 4) is 0 Å². The van der Waals surface area contributed by atoms with E-state index in [0.29, 0.717) is 11.9 Å². The number of fused-ring (bicyclic) bond motifs is 1. The van der Waals surface area contributed by atoms with Crippen molar-refractivity contribution in [2.75, 3.05) is 6.54 Å². The zero-order valence-electron chi connectivity index (χ0n) is 11.9. The summed E-state index contributed by atoms with van der Waals surface area (Å²) in [5.41, 5.74) is 0.204. The number of thioether (sulfide) groups is 1. The van der Waals surface area contributed by atoms with Crippen molar-refractivity contribution in [2.24, 2.45) is 0 Å².